The Kier molecular flexibility index (Phi) is 5.30. The maximum absolute atomic E-state index is 4.62. The molecule has 2 aromatic rings. The number of rotatable bonds is 7. The second-order valence-electron chi connectivity index (χ2n) is 4.68. The van der Waals surface area contributed by atoms with Gasteiger partial charge < -0.3 is 10.2 Å². The maximum Gasteiger partial charge on any atom is 0.183 e. The van der Waals surface area contributed by atoms with E-state index in [1.807, 2.05) is 0 Å². The summed E-state index contributed by atoms with van der Waals surface area (Å²) in [7, 11) is 4.11. The van der Waals surface area contributed by atoms with Crippen molar-refractivity contribution < 1.29 is 0 Å². The first-order valence-corrected chi connectivity index (χ1v) is 8.24. The molecule has 6 heteroatoms. The second kappa shape index (κ2) is 6.98. The van der Waals surface area contributed by atoms with Gasteiger partial charge in [0.15, 0.2) is 5.13 Å². The molecular weight excluding hydrogens is 276 g/mol. The Morgan fingerprint density at radius 1 is 1.16 bits per heavy atom. The number of nitrogens with one attached hydrogen (secondary N) is 1. The van der Waals surface area contributed by atoms with Gasteiger partial charge in [0.1, 0.15) is 16.4 Å². The average molecular weight is 296 g/mol. The minimum atomic E-state index is 0.885. The summed E-state index contributed by atoms with van der Waals surface area (Å²) in [5.74, 6) is 0. The molecule has 4 nitrogen and oxygen atoms in total. The molecule has 2 aromatic heterocycles. The van der Waals surface area contributed by atoms with E-state index in [0.717, 1.165) is 34.6 Å². The van der Waals surface area contributed by atoms with E-state index in [-0.39, 0.29) is 0 Å². The van der Waals surface area contributed by atoms with Crippen LogP contribution in [0.5, 0.6) is 0 Å². The van der Waals surface area contributed by atoms with Gasteiger partial charge in [0.2, 0.25) is 0 Å². The van der Waals surface area contributed by atoms with Crippen LogP contribution in [0, 0.1) is 0 Å². The molecule has 0 amide bonds. The van der Waals surface area contributed by atoms with Gasteiger partial charge in [-0.1, -0.05) is 13.3 Å². The lowest BCUT2D eigenvalue weighted by Gasteiger charge is -2.04. The van der Waals surface area contributed by atoms with E-state index in [2.05, 4.69) is 52.0 Å². The monoisotopic (exact) mass is 296 g/mol. The molecule has 0 spiro atoms. The van der Waals surface area contributed by atoms with Crippen molar-refractivity contribution in [1.82, 2.24) is 14.9 Å². The van der Waals surface area contributed by atoms with E-state index in [0.29, 0.717) is 0 Å². The molecule has 0 atom stereocenters. The summed E-state index contributed by atoms with van der Waals surface area (Å²) >= 11 is 3.34. The first kappa shape index (κ1) is 14.4. The summed E-state index contributed by atoms with van der Waals surface area (Å²) in [6.07, 6.45) is 2.38. The smallest absolute Gasteiger partial charge is 0.183 e. The van der Waals surface area contributed by atoms with Crippen LogP contribution < -0.4 is 5.32 Å². The van der Waals surface area contributed by atoms with Crippen molar-refractivity contribution in [1.29, 1.82) is 0 Å². The lowest BCUT2D eigenvalue weighted by atomic mass is 10.3. The van der Waals surface area contributed by atoms with Crippen LogP contribution in [0.15, 0.2) is 10.8 Å². The Balaban J connectivity index is 1.99. The SMILES string of the molecule is CCCCNc1nc(-c2csc(CN(C)C)n2)cs1. The molecular formula is C13H20N4S2. The number of unbranched alkanes of at least 4 members (excludes halogenated alkanes) is 1. The minimum Gasteiger partial charge on any atom is -0.362 e. The lowest BCUT2D eigenvalue weighted by molar-refractivity contribution is 0.402. The van der Waals surface area contributed by atoms with E-state index in [1.54, 1.807) is 22.7 Å². The van der Waals surface area contributed by atoms with Gasteiger partial charge in [-0.15, -0.1) is 22.7 Å². The Morgan fingerprint density at radius 3 is 2.63 bits per heavy atom. The molecule has 0 unspecified atom stereocenters. The molecule has 2 rings (SSSR count). The van der Waals surface area contributed by atoms with Crippen molar-refractivity contribution in [2.75, 3.05) is 26.0 Å². The predicted octanol–water partition coefficient (Wildman–Crippen LogP) is 3.54. The van der Waals surface area contributed by atoms with Crippen LogP contribution in [0.4, 0.5) is 5.13 Å². The number of aromatic nitrogens is 2. The summed E-state index contributed by atoms with van der Waals surface area (Å²) in [5.41, 5.74) is 1.96. The van der Waals surface area contributed by atoms with E-state index >= 15 is 0 Å². The highest BCUT2D eigenvalue weighted by Gasteiger charge is 2.09. The van der Waals surface area contributed by atoms with E-state index in [1.165, 1.54) is 12.8 Å². The molecule has 0 aliphatic heterocycles. The van der Waals surface area contributed by atoms with Crippen LogP contribution in [0.2, 0.25) is 0 Å². The fourth-order valence-electron chi connectivity index (χ4n) is 1.62. The summed E-state index contributed by atoms with van der Waals surface area (Å²) < 4.78 is 0. The van der Waals surface area contributed by atoms with Gasteiger partial charge >= 0.3 is 0 Å². The quantitative estimate of drug-likeness (QED) is 0.793. The zero-order valence-electron chi connectivity index (χ0n) is 11.6. The topological polar surface area (TPSA) is 41.1 Å². The van der Waals surface area contributed by atoms with Crippen molar-refractivity contribution in [3.05, 3.63) is 15.8 Å². The van der Waals surface area contributed by atoms with Crippen LogP contribution in [0.25, 0.3) is 11.4 Å². The molecule has 1 N–H and O–H groups in total. The van der Waals surface area contributed by atoms with Gasteiger partial charge in [0.25, 0.3) is 0 Å². The highest BCUT2D eigenvalue weighted by atomic mass is 32.1. The highest BCUT2D eigenvalue weighted by Crippen LogP contribution is 2.26. The molecule has 0 fully saturated rings. The molecule has 0 radical (unpaired) electrons. The third-order valence-corrected chi connectivity index (χ3v) is 4.21. The third-order valence-electron chi connectivity index (χ3n) is 2.58. The normalized spacial score (nSPS) is 11.2. The highest BCUT2D eigenvalue weighted by molar-refractivity contribution is 7.14. The summed E-state index contributed by atoms with van der Waals surface area (Å²) in [5, 5.41) is 9.63. The van der Waals surface area contributed by atoms with Crippen LogP contribution in [-0.4, -0.2) is 35.5 Å². The molecule has 0 aliphatic rings. The third kappa shape index (κ3) is 4.26. The van der Waals surface area contributed by atoms with Crippen LogP contribution in [0.1, 0.15) is 24.8 Å². The zero-order chi connectivity index (χ0) is 13.7. The number of nitrogens with zero attached hydrogens (tertiary/aromatic N) is 3. The predicted molar refractivity (Wildman–Crippen MR) is 84.0 cm³/mol. The van der Waals surface area contributed by atoms with Gasteiger partial charge in [-0.25, -0.2) is 9.97 Å². The minimum absolute atomic E-state index is 0.885. The van der Waals surface area contributed by atoms with Crippen molar-refractivity contribution in [2.24, 2.45) is 0 Å². The lowest BCUT2D eigenvalue weighted by Crippen LogP contribution is -2.10. The molecule has 0 saturated carbocycles. The standard InChI is InChI=1S/C13H20N4S2/c1-4-5-6-14-13-16-11(9-19-13)10-8-18-12(15-10)7-17(2)3/h8-9H,4-7H2,1-3H3,(H,14,16). The Bertz CT molecular complexity index is 504. The Labute approximate surface area is 122 Å². The zero-order valence-corrected chi connectivity index (χ0v) is 13.3. The number of hydrogen-bond acceptors (Lipinski definition) is 6. The van der Waals surface area contributed by atoms with Crippen LogP contribution in [0.3, 0.4) is 0 Å². The fourth-order valence-corrected chi connectivity index (χ4v) is 3.25. The van der Waals surface area contributed by atoms with Gasteiger partial charge in [-0.2, -0.15) is 0 Å². The largest absolute Gasteiger partial charge is 0.362 e. The second-order valence-corrected chi connectivity index (χ2v) is 6.48. The van der Waals surface area contributed by atoms with Crippen LogP contribution in [-0.2, 0) is 6.54 Å². The molecule has 0 bridgehead atoms. The van der Waals surface area contributed by atoms with Gasteiger partial charge in [0, 0.05) is 23.8 Å². The molecule has 0 aliphatic carbocycles. The van der Waals surface area contributed by atoms with Crippen molar-refractivity contribution in [3.8, 4) is 11.4 Å². The summed E-state index contributed by atoms with van der Waals surface area (Å²) in [4.78, 5) is 11.3. The number of hydrogen-bond donors (Lipinski definition) is 1. The van der Waals surface area contributed by atoms with Crippen LogP contribution >= 0.6 is 22.7 Å². The molecule has 0 saturated heterocycles. The first-order chi connectivity index (χ1) is 9.19. The Morgan fingerprint density at radius 2 is 1.89 bits per heavy atom. The number of thiazole rings is 2. The van der Waals surface area contributed by atoms with E-state index in [4.69, 9.17) is 0 Å². The van der Waals surface area contributed by atoms with Gasteiger partial charge in [-0.05, 0) is 20.5 Å². The Hall–Kier alpha value is -0.980. The van der Waals surface area contributed by atoms with Crippen molar-refractivity contribution in [3.63, 3.8) is 0 Å². The fraction of sp³-hybridized carbons (Fsp3) is 0.538. The maximum atomic E-state index is 4.62. The van der Waals surface area contributed by atoms with E-state index in [9.17, 15) is 0 Å². The van der Waals surface area contributed by atoms with Gasteiger partial charge in [-0.3, -0.25) is 0 Å². The van der Waals surface area contributed by atoms with Gasteiger partial charge in [0.05, 0.1) is 0 Å². The number of anilines is 1. The average Bonchev–Trinajstić information content (AvgIpc) is 2.97. The molecule has 0 aromatic carbocycles. The molecule has 104 valence electrons. The van der Waals surface area contributed by atoms with E-state index < -0.39 is 0 Å². The summed E-state index contributed by atoms with van der Waals surface area (Å²) in [6.45, 7) is 4.07. The molecule has 19 heavy (non-hydrogen) atoms. The molecule has 2 heterocycles. The van der Waals surface area contributed by atoms with Crippen molar-refractivity contribution >= 4 is 27.8 Å². The van der Waals surface area contributed by atoms with Crippen molar-refractivity contribution in [2.45, 2.75) is 26.3 Å². The first-order valence-electron chi connectivity index (χ1n) is 6.48. The summed E-state index contributed by atoms with van der Waals surface area (Å²) in [6, 6.07) is 0.